The van der Waals surface area contributed by atoms with Crippen molar-refractivity contribution in [1.29, 1.82) is 0 Å². The van der Waals surface area contributed by atoms with Crippen molar-refractivity contribution in [1.82, 2.24) is 10.3 Å². The summed E-state index contributed by atoms with van der Waals surface area (Å²) in [5, 5.41) is 5.95. The highest BCUT2D eigenvalue weighted by Gasteiger charge is 2.18. The van der Waals surface area contributed by atoms with Crippen LogP contribution in [0.5, 0.6) is 17.2 Å². The molecule has 0 unspecified atom stereocenters. The number of rotatable bonds is 7. The fourth-order valence-electron chi connectivity index (χ4n) is 2.81. The predicted octanol–water partition coefficient (Wildman–Crippen LogP) is 3.51. The summed E-state index contributed by atoms with van der Waals surface area (Å²) in [7, 11) is 4.50. The number of carbonyl (C=O) groups is 1. The van der Waals surface area contributed by atoms with Gasteiger partial charge in [-0.05, 0) is 36.4 Å². The number of benzene rings is 2. The quantitative estimate of drug-likeness (QED) is 0.449. The van der Waals surface area contributed by atoms with Crippen LogP contribution < -0.4 is 24.8 Å². The number of nitrogens with one attached hydrogen (secondary N) is 2. The third-order valence-corrected chi connectivity index (χ3v) is 4.32. The van der Waals surface area contributed by atoms with Crippen LogP contribution in [-0.4, -0.2) is 38.2 Å². The first-order valence-corrected chi connectivity index (χ1v) is 9.52. The first-order valence-electron chi connectivity index (χ1n) is 9.52. The SMILES string of the molecule is COc1cc(C(=O)NC(=NCc2ccccn2)Nc2ccccc2)cc(OC)c1OC. The number of guanidine groups is 1. The number of hydrogen-bond acceptors (Lipinski definition) is 6. The Morgan fingerprint density at radius 3 is 2.19 bits per heavy atom. The molecule has 0 aliphatic rings. The summed E-state index contributed by atoms with van der Waals surface area (Å²) in [5.41, 5.74) is 1.89. The lowest BCUT2D eigenvalue weighted by Gasteiger charge is -2.15. The number of aliphatic imine (C=N–C) groups is 1. The average Bonchev–Trinajstić information content (AvgIpc) is 2.82. The molecular formula is C23H24N4O4. The highest BCUT2D eigenvalue weighted by Crippen LogP contribution is 2.38. The van der Waals surface area contributed by atoms with Crippen molar-refractivity contribution in [3.05, 3.63) is 78.1 Å². The maximum atomic E-state index is 13.0. The van der Waals surface area contributed by atoms with Crippen LogP contribution in [0.2, 0.25) is 0 Å². The minimum absolute atomic E-state index is 0.288. The number of aromatic nitrogens is 1. The zero-order valence-corrected chi connectivity index (χ0v) is 17.6. The lowest BCUT2D eigenvalue weighted by molar-refractivity contribution is 0.0976. The van der Waals surface area contributed by atoms with Crippen molar-refractivity contribution in [2.24, 2.45) is 4.99 Å². The highest BCUT2D eigenvalue weighted by atomic mass is 16.5. The molecule has 0 fully saturated rings. The molecule has 3 rings (SSSR count). The van der Waals surface area contributed by atoms with Gasteiger partial charge in [0.15, 0.2) is 11.5 Å². The van der Waals surface area contributed by atoms with E-state index in [1.54, 1.807) is 18.3 Å². The summed E-state index contributed by atoms with van der Waals surface area (Å²) < 4.78 is 16.0. The molecule has 1 aromatic heterocycles. The normalized spacial score (nSPS) is 10.9. The van der Waals surface area contributed by atoms with E-state index in [-0.39, 0.29) is 11.9 Å². The molecule has 2 N–H and O–H groups in total. The van der Waals surface area contributed by atoms with Crippen LogP contribution in [0.1, 0.15) is 16.1 Å². The van der Waals surface area contributed by atoms with Crippen LogP contribution in [0, 0.1) is 0 Å². The molecule has 31 heavy (non-hydrogen) atoms. The molecule has 0 atom stereocenters. The molecule has 8 heteroatoms. The van der Waals surface area contributed by atoms with Gasteiger partial charge in [0.05, 0.1) is 33.6 Å². The Morgan fingerprint density at radius 1 is 0.935 bits per heavy atom. The van der Waals surface area contributed by atoms with E-state index in [0.29, 0.717) is 29.4 Å². The molecule has 1 amide bonds. The number of pyridine rings is 1. The summed E-state index contributed by atoms with van der Waals surface area (Å²) in [6.07, 6.45) is 1.70. The zero-order valence-electron chi connectivity index (χ0n) is 17.6. The van der Waals surface area contributed by atoms with Crippen molar-refractivity contribution in [2.75, 3.05) is 26.6 Å². The van der Waals surface area contributed by atoms with Crippen molar-refractivity contribution < 1.29 is 19.0 Å². The Bertz CT molecular complexity index is 1010. The number of ether oxygens (including phenoxy) is 3. The predicted molar refractivity (Wildman–Crippen MR) is 119 cm³/mol. The molecular weight excluding hydrogens is 396 g/mol. The van der Waals surface area contributed by atoms with Crippen molar-refractivity contribution >= 4 is 17.6 Å². The van der Waals surface area contributed by atoms with E-state index < -0.39 is 0 Å². The van der Waals surface area contributed by atoms with E-state index in [0.717, 1.165) is 11.4 Å². The standard InChI is InChI=1S/C23H24N4O4/c1-29-19-13-16(14-20(30-2)21(19)31-3)22(28)27-23(26-17-9-5-4-6-10-17)25-15-18-11-7-8-12-24-18/h4-14H,15H2,1-3H3,(H2,25,26,27,28). The summed E-state index contributed by atoms with van der Waals surface area (Å²) in [4.78, 5) is 21.8. The first kappa shape index (κ1) is 21.6. The van der Waals surface area contributed by atoms with Crippen LogP contribution in [0.25, 0.3) is 0 Å². The number of anilines is 1. The lowest BCUT2D eigenvalue weighted by Crippen LogP contribution is -2.36. The summed E-state index contributed by atoms with van der Waals surface area (Å²) >= 11 is 0. The van der Waals surface area contributed by atoms with Gasteiger partial charge in [-0.3, -0.25) is 15.1 Å². The number of carbonyl (C=O) groups excluding carboxylic acids is 1. The van der Waals surface area contributed by atoms with Gasteiger partial charge >= 0.3 is 0 Å². The molecule has 0 radical (unpaired) electrons. The Morgan fingerprint density at radius 2 is 1.61 bits per heavy atom. The molecule has 3 aromatic rings. The average molecular weight is 420 g/mol. The summed E-state index contributed by atoms with van der Waals surface area (Å²) in [6.45, 7) is 0.297. The molecule has 0 spiro atoms. The minimum Gasteiger partial charge on any atom is -0.493 e. The van der Waals surface area contributed by atoms with Gasteiger partial charge in [-0.15, -0.1) is 0 Å². The second-order valence-corrected chi connectivity index (χ2v) is 6.35. The first-order chi connectivity index (χ1) is 15.1. The van der Waals surface area contributed by atoms with Gasteiger partial charge in [0.1, 0.15) is 0 Å². The largest absolute Gasteiger partial charge is 0.493 e. The maximum Gasteiger partial charge on any atom is 0.258 e. The Labute approximate surface area is 180 Å². The summed E-state index contributed by atoms with van der Waals surface area (Å²) in [6, 6.07) is 18.2. The third-order valence-electron chi connectivity index (χ3n) is 4.32. The Balaban J connectivity index is 1.87. The summed E-state index contributed by atoms with van der Waals surface area (Å²) in [5.74, 6) is 1.08. The number of methoxy groups -OCH3 is 3. The van der Waals surface area contributed by atoms with Gasteiger partial charge < -0.3 is 19.5 Å². The van der Waals surface area contributed by atoms with Gasteiger partial charge in [0.2, 0.25) is 11.7 Å². The highest BCUT2D eigenvalue weighted by molar-refractivity contribution is 6.10. The number of hydrogen-bond donors (Lipinski definition) is 2. The Kier molecular flexibility index (Phi) is 7.42. The van der Waals surface area contributed by atoms with E-state index >= 15 is 0 Å². The van der Waals surface area contributed by atoms with Crippen molar-refractivity contribution in [3.63, 3.8) is 0 Å². The van der Waals surface area contributed by atoms with E-state index in [4.69, 9.17) is 14.2 Å². The van der Waals surface area contributed by atoms with Gasteiger partial charge in [-0.25, -0.2) is 4.99 Å². The van der Waals surface area contributed by atoms with Crippen LogP contribution in [0.4, 0.5) is 5.69 Å². The molecule has 0 aliphatic carbocycles. The van der Waals surface area contributed by atoms with Gasteiger partial charge in [0, 0.05) is 17.4 Å². The second-order valence-electron chi connectivity index (χ2n) is 6.35. The maximum absolute atomic E-state index is 13.0. The van der Waals surface area contributed by atoms with Crippen molar-refractivity contribution in [3.8, 4) is 17.2 Å². The number of para-hydroxylation sites is 1. The van der Waals surface area contributed by atoms with E-state index in [2.05, 4.69) is 20.6 Å². The molecule has 0 aliphatic heterocycles. The molecule has 0 saturated carbocycles. The van der Waals surface area contributed by atoms with Gasteiger partial charge in [-0.2, -0.15) is 0 Å². The Hall–Kier alpha value is -4.07. The molecule has 8 nitrogen and oxygen atoms in total. The number of amides is 1. The molecule has 160 valence electrons. The molecule has 2 aromatic carbocycles. The topological polar surface area (TPSA) is 94.1 Å². The molecule has 1 heterocycles. The lowest BCUT2D eigenvalue weighted by atomic mass is 10.1. The smallest absolute Gasteiger partial charge is 0.258 e. The van der Waals surface area contributed by atoms with E-state index in [1.807, 2.05) is 48.5 Å². The monoisotopic (exact) mass is 420 g/mol. The van der Waals surface area contributed by atoms with Crippen LogP contribution in [0.15, 0.2) is 71.9 Å². The van der Waals surface area contributed by atoms with Gasteiger partial charge in [0.25, 0.3) is 5.91 Å². The third kappa shape index (κ3) is 5.72. The molecule has 0 saturated heterocycles. The van der Waals surface area contributed by atoms with Crippen LogP contribution in [-0.2, 0) is 6.54 Å². The second kappa shape index (κ2) is 10.6. The fraction of sp³-hybridized carbons (Fsp3) is 0.174. The zero-order chi connectivity index (χ0) is 22.1. The van der Waals surface area contributed by atoms with E-state index in [9.17, 15) is 4.79 Å². The number of nitrogens with zero attached hydrogens (tertiary/aromatic N) is 2. The van der Waals surface area contributed by atoms with E-state index in [1.165, 1.54) is 21.3 Å². The molecule has 0 bridgehead atoms. The minimum atomic E-state index is -0.387. The van der Waals surface area contributed by atoms with Crippen LogP contribution in [0.3, 0.4) is 0 Å². The van der Waals surface area contributed by atoms with Gasteiger partial charge in [-0.1, -0.05) is 24.3 Å². The fourth-order valence-corrected chi connectivity index (χ4v) is 2.81. The van der Waals surface area contributed by atoms with Crippen LogP contribution >= 0.6 is 0 Å². The van der Waals surface area contributed by atoms with Crippen molar-refractivity contribution in [2.45, 2.75) is 6.54 Å².